The third kappa shape index (κ3) is 1.94. The van der Waals surface area contributed by atoms with Crippen LogP contribution in [0, 0.1) is 17.7 Å². The number of halogens is 1. The van der Waals surface area contributed by atoms with E-state index >= 15 is 0 Å². The Morgan fingerprint density at radius 2 is 2.06 bits per heavy atom. The summed E-state index contributed by atoms with van der Waals surface area (Å²) in [6.07, 6.45) is 4.83. The fourth-order valence-corrected chi connectivity index (χ4v) is 3.31. The van der Waals surface area contributed by atoms with Gasteiger partial charge in [0, 0.05) is 6.04 Å². The van der Waals surface area contributed by atoms with Gasteiger partial charge in [0.05, 0.1) is 5.56 Å². The monoisotopic (exact) mass is 233 g/mol. The lowest BCUT2D eigenvalue weighted by molar-refractivity contribution is 0.0919. The summed E-state index contributed by atoms with van der Waals surface area (Å²) in [4.78, 5) is 11.9. The molecule has 0 unspecified atom stereocenters. The Morgan fingerprint density at radius 1 is 1.24 bits per heavy atom. The fraction of sp³-hybridized carbons (Fsp3) is 0.500. The van der Waals surface area contributed by atoms with Crippen molar-refractivity contribution in [3.63, 3.8) is 0 Å². The average Bonchev–Trinajstić information content (AvgIpc) is 2.91. The maximum Gasteiger partial charge on any atom is 0.254 e. The molecule has 1 N–H and O–H groups in total. The number of amides is 1. The van der Waals surface area contributed by atoms with Crippen LogP contribution < -0.4 is 5.32 Å². The molecule has 3 atom stereocenters. The molecule has 3 rings (SSSR count). The van der Waals surface area contributed by atoms with Crippen molar-refractivity contribution in [3.05, 3.63) is 35.6 Å². The topological polar surface area (TPSA) is 29.1 Å². The number of carbonyl (C=O) groups excluding carboxylic acids is 1. The Hall–Kier alpha value is -1.38. The number of nitrogens with one attached hydrogen (secondary N) is 1. The number of rotatable bonds is 2. The highest BCUT2D eigenvalue weighted by Crippen LogP contribution is 2.44. The molecule has 2 aliphatic carbocycles. The van der Waals surface area contributed by atoms with Crippen molar-refractivity contribution in [2.24, 2.45) is 11.8 Å². The van der Waals surface area contributed by atoms with E-state index in [1.807, 2.05) is 0 Å². The van der Waals surface area contributed by atoms with Crippen molar-refractivity contribution in [1.29, 1.82) is 0 Å². The van der Waals surface area contributed by atoms with Crippen LogP contribution in [0.25, 0.3) is 0 Å². The third-order valence-corrected chi connectivity index (χ3v) is 4.17. The first-order valence-electron chi connectivity index (χ1n) is 6.29. The zero-order chi connectivity index (χ0) is 11.8. The van der Waals surface area contributed by atoms with Crippen LogP contribution in [0.3, 0.4) is 0 Å². The predicted octanol–water partition coefficient (Wildman–Crippen LogP) is 2.74. The molecule has 17 heavy (non-hydrogen) atoms. The Labute approximate surface area is 100 Å². The van der Waals surface area contributed by atoms with E-state index in [9.17, 15) is 9.18 Å². The third-order valence-electron chi connectivity index (χ3n) is 4.17. The molecule has 2 bridgehead atoms. The van der Waals surface area contributed by atoms with Gasteiger partial charge in [-0.25, -0.2) is 4.39 Å². The fourth-order valence-electron chi connectivity index (χ4n) is 3.31. The van der Waals surface area contributed by atoms with Crippen LogP contribution in [0.4, 0.5) is 4.39 Å². The Balaban J connectivity index is 1.70. The van der Waals surface area contributed by atoms with Crippen LogP contribution in [0.1, 0.15) is 36.0 Å². The van der Waals surface area contributed by atoms with Gasteiger partial charge < -0.3 is 5.32 Å². The molecule has 3 heteroatoms. The van der Waals surface area contributed by atoms with Gasteiger partial charge in [-0.1, -0.05) is 18.6 Å². The van der Waals surface area contributed by atoms with E-state index in [-0.39, 0.29) is 17.5 Å². The van der Waals surface area contributed by atoms with Crippen molar-refractivity contribution in [2.45, 2.75) is 31.7 Å². The summed E-state index contributed by atoms with van der Waals surface area (Å²) in [5.74, 6) is 0.704. The van der Waals surface area contributed by atoms with Crippen LogP contribution in [-0.2, 0) is 0 Å². The summed E-state index contributed by atoms with van der Waals surface area (Å²) in [6, 6.07) is 6.43. The average molecular weight is 233 g/mol. The van der Waals surface area contributed by atoms with Crippen LogP contribution in [0.2, 0.25) is 0 Å². The lowest BCUT2D eigenvalue weighted by atomic mass is 9.95. The molecular formula is C14H16FNO. The van der Waals surface area contributed by atoms with Crippen LogP contribution in [0.15, 0.2) is 24.3 Å². The molecule has 2 saturated carbocycles. The minimum atomic E-state index is -0.437. The van der Waals surface area contributed by atoms with E-state index in [1.165, 1.54) is 31.4 Å². The van der Waals surface area contributed by atoms with Crippen molar-refractivity contribution in [1.82, 2.24) is 5.32 Å². The van der Waals surface area contributed by atoms with Gasteiger partial charge in [0.25, 0.3) is 5.91 Å². The van der Waals surface area contributed by atoms with Gasteiger partial charge in [-0.15, -0.1) is 0 Å². The largest absolute Gasteiger partial charge is 0.349 e. The lowest BCUT2D eigenvalue weighted by Gasteiger charge is -2.22. The zero-order valence-electron chi connectivity index (χ0n) is 9.66. The summed E-state index contributed by atoms with van der Waals surface area (Å²) in [5.41, 5.74) is 0.162. The first kappa shape index (κ1) is 10.8. The Bertz CT molecular complexity index is 446. The van der Waals surface area contributed by atoms with Crippen LogP contribution >= 0.6 is 0 Å². The van der Waals surface area contributed by atoms with Crippen molar-refractivity contribution >= 4 is 5.91 Å². The molecule has 0 heterocycles. The quantitative estimate of drug-likeness (QED) is 0.836. The molecule has 0 saturated heterocycles. The second kappa shape index (κ2) is 4.13. The van der Waals surface area contributed by atoms with E-state index in [2.05, 4.69) is 5.32 Å². The summed E-state index contributed by atoms with van der Waals surface area (Å²) in [6.45, 7) is 0. The normalized spacial score (nSPS) is 30.5. The minimum Gasteiger partial charge on any atom is -0.349 e. The van der Waals surface area contributed by atoms with Crippen molar-refractivity contribution in [2.75, 3.05) is 0 Å². The zero-order valence-corrected chi connectivity index (χ0v) is 9.66. The second-order valence-corrected chi connectivity index (χ2v) is 5.23. The molecule has 0 aromatic heterocycles. The number of fused-ring (bicyclic) bond motifs is 2. The number of hydrogen-bond donors (Lipinski definition) is 1. The van der Waals surface area contributed by atoms with E-state index in [4.69, 9.17) is 0 Å². The van der Waals surface area contributed by atoms with E-state index in [0.29, 0.717) is 5.92 Å². The van der Waals surface area contributed by atoms with Gasteiger partial charge in [0.2, 0.25) is 0 Å². The van der Waals surface area contributed by atoms with E-state index < -0.39 is 5.82 Å². The van der Waals surface area contributed by atoms with E-state index in [1.54, 1.807) is 12.1 Å². The molecule has 2 fully saturated rings. The summed E-state index contributed by atoms with van der Waals surface area (Å²) in [5, 5.41) is 2.99. The number of benzene rings is 1. The molecule has 90 valence electrons. The van der Waals surface area contributed by atoms with Gasteiger partial charge in [0.15, 0.2) is 0 Å². The summed E-state index contributed by atoms with van der Waals surface area (Å²) >= 11 is 0. The predicted molar refractivity (Wildman–Crippen MR) is 63.1 cm³/mol. The number of hydrogen-bond acceptors (Lipinski definition) is 1. The molecule has 2 aliphatic rings. The molecule has 1 aromatic rings. The Morgan fingerprint density at radius 3 is 2.71 bits per heavy atom. The molecule has 1 aromatic carbocycles. The van der Waals surface area contributed by atoms with Gasteiger partial charge in [-0.3, -0.25) is 4.79 Å². The molecule has 2 nitrogen and oxygen atoms in total. The Kier molecular flexibility index (Phi) is 2.61. The highest BCUT2D eigenvalue weighted by atomic mass is 19.1. The first-order chi connectivity index (χ1) is 8.24. The van der Waals surface area contributed by atoms with Crippen LogP contribution in [-0.4, -0.2) is 11.9 Å². The van der Waals surface area contributed by atoms with Crippen LogP contribution in [0.5, 0.6) is 0 Å². The van der Waals surface area contributed by atoms with Gasteiger partial charge in [-0.05, 0) is 43.2 Å². The van der Waals surface area contributed by atoms with Gasteiger partial charge in [-0.2, -0.15) is 0 Å². The summed E-state index contributed by atoms with van der Waals surface area (Å²) in [7, 11) is 0. The minimum absolute atomic E-state index is 0.162. The summed E-state index contributed by atoms with van der Waals surface area (Å²) < 4.78 is 13.4. The highest BCUT2D eigenvalue weighted by molar-refractivity contribution is 5.94. The molecule has 0 spiro atoms. The first-order valence-corrected chi connectivity index (χ1v) is 6.29. The number of carbonyl (C=O) groups is 1. The molecular weight excluding hydrogens is 217 g/mol. The van der Waals surface area contributed by atoms with Crippen molar-refractivity contribution < 1.29 is 9.18 Å². The second-order valence-electron chi connectivity index (χ2n) is 5.23. The highest BCUT2D eigenvalue weighted by Gasteiger charge is 2.40. The van der Waals surface area contributed by atoms with Gasteiger partial charge >= 0.3 is 0 Å². The van der Waals surface area contributed by atoms with Crippen molar-refractivity contribution in [3.8, 4) is 0 Å². The molecule has 0 radical (unpaired) electrons. The smallest absolute Gasteiger partial charge is 0.254 e. The maximum atomic E-state index is 13.4. The standard InChI is InChI=1S/C14H16FNO/c15-12-4-2-1-3-11(12)14(17)16-13-8-9-5-6-10(13)7-9/h1-4,9-10,13H,5-8H2,(H,16,17)/t9-,10-,13-/m1/s1. The van der Waals surface area contributed by atoms with Gasteiger partial charge in [0.1, 0.15) is 5.82 Å². The van der Waals surface area contributed by atoms with E-state index in [0.717, 1.165) is 12.3 Å². The molecule has 0 aliphatic heterocycles. The SMILES string of the molecule is O=C(N[C@@H]1C[C@@H]2CC[C@@H]1C2)c1ccccc1F. The molecule has 1 amide bonds. The lowest BCUT2D eigenvalue weighted by Crippen LogP contribution is -2.38. The maximum absolute atomic E-state index is 13.4.